The van der Waals surface area contributed by atoms with Crippen LogP contribution in [0.1, 0.15) is 5.56 Å². The second-order valence-electron chi connectivity index (χ2n) is 4.25. The summed E-state index contributed by atoms with van der Waals surface area (Å²) in [6.07, 6.45) is 1.78. The summed E-state index contributed by atoms with van der Waals surface area (Å²) in [6.45, 7) is 9.14. The van der Waals surface area contributed by atoms with Crippen molar-refractivity contribution in [1.29, 1.82) is 0 Å². The molecule has 1 fully saturated rings. The van der Waals surface area contributed by atoms with Crippen molar-refractivity contribution in [1.82, 2.24) is 0 Å². The second kappa shape index (κ2) is 6.42. The van der Waals surface area contributed by atoms with Crippen LogP contribution in [-0.4, -0.2) is 32.9 Å². The minimum Gasteiger partial charge on any atom is -0.489 e. The lowest BCUT2D eigenvalue weighted by molar-refractivity contribution is -0.921. The summed E-state index contributed by atoms with van der Waals surface area (Å²) in [5.74, 6) is 0.978. The minimum atomic E-state index is 0.565. The van der Waals surface area contributed by atoms with E-state index in [1.807, 2.05) is 12.1 Å². The molecule has 1 aromatic rings. The summed E-state index contributed by atoms with van der Waals surface area (Å²) in [5.41, 5.74) is 1.27. The average molecular weight is 234 g/mol. The molecule has 1 aliphatic heterocycles. The molecule has 1 aliphatic rings. The third kappa shape index (κ3) is 3.58. The molecule has 0 amide bonds. The molecule has 3 nitrogen and oxygen atoms in total. The van der Waals surface area contributed by atoms with E-state index in [9.17, 15) is 0 Å². The zero-order valence-corrected chi connectivity index (χ0v) is 10.2. The Kier molecular flexibility index (Phi) is 4.59. The fraction of sp³-hybridized carbons (Fsp3) is 0.429. The van der Waals surface area contributed by atoms with E-state index in [4.69, 9.17) is 9.47 Å². The Morgan fingerprint density at radius 2 is 2.06 bits per heavy atom. The SMILES string of the molecule is C=CCOc1ccccc1C[NH+]1CCOCC1. The van der Waals surface area contributed by atoms with Crippen LogP contribution in [-0.2, 0) is 11.3 Å². The molecule has 1 saturated heterocycles. The molecule has 0 spiro atoms. The minimum absolute atomic E-state index is 0.565. The first-order chi connectivity index (χ1) is 8.40. The van der Waals surface area contributed by atoms with Gasteiger partial charge >= 0.3 is 0 Å². The summed E-state index contributed by atoms with van der Waals surface area (Å²) < 4.78 is 11.0. The maximum Gasteiger partial charge on any atom is 0.128 e. The van der Waals surface area contributed by atoms with Gasteiger partial charge in [-0.2, -0.15) is 0 Å². The second-order valence-corrected chi connectivity index (χ2v) is 4.25. The standard InChI is InChI=1S/C14H19NO2/c1-2-9-17-14-6-4-3-5-13(14)12-15-7-10-16-11-8-15/h2-6H,1,7-12H2/p+1. The molecule has 2 rings (SSSR count). The highest BCUT2D eigenvalue weighted by Crippen LogP contribution is 2.16. The number of quaternary nitrogens is 1. The van der Waals surface area contributed by atoms with Crippen molar-refractivity contribution in [2.45, 2.75) is 6.54 Å². The summed E-state index contributed by atoms with van der Waals surface area (Å²) in [7, 11) is 0. The van der Waals surface area contributed by atoms with E-state index in [0.717, 1.165) is 38.6 Å². The predicted molar refractivity (Wildman–Crippen MR) is 67.4 cm³/mol. The Balaban J connectivity index is 2.00. The molecule has 0 radical (unpaired) electrons. The van der Waals surface area contributed by atoms with E-state index in [-0.39, 0.29) is 0 Å². The average Bonchev–Trinajstić information content (AvgIpc) is 2.39. The summed E-state index contributed by atoms with van der Waals surface area (Å²) in [5, 5.41) is 0. The molecule has 0 saturated carbocycles. The van der Waals surface area contributed by atoms with Crippen molar-refractivity contribution in [3.05, 3.63) is 42.5 Å². The Labute approximate surface area is 103 Å². The first kappa shape index (κ1) is 12.1. The maximum absolute atomic E-state index is 5.67. The van der Waals surface area contributed by atoms with Crippen molar-refractivity contribution in [2.24, 2.45) is 0 Å². The van der Waals surface area contributed by atoms with Crippen molar-refractivity contribution in [2.75, 3.05) is 32.9 Å². The first-order valence-electron chi connectivity index (χ1n) is 6.13. The molecule has 1 N–H and O–H groups in total. The topological polar surface area (TPSA) is 22.9 Å². The normalized spacial score (nSPS) is 16.7. The van der Waals surface area contributed by atoms with Crippen LogP contribution in [0.3, 0.4) is 0 Å². The zero-order chi connectivity index (χ0) is 11.9. The molecule has 0 bridgehead atoms. The Hall–Kier alpha value is -1.32. The van der Waals surface area contributed by atoms with Crippen LogP contribution < -0.4 is 9.64 Å². The molecule has 0 atom stereocenters. The molecule has 0 aliphatic carbocycles. The molecule has 17 heavy (non-hydrogen) atoms. The van der Waals surface area contributed by atoms with Gasteiger partial charge in [-0.1, -0.05) is 24.8 Å². The van der Waals surface area contributed by atoms with Gasteiger partial charge in [-0.3, -0.25) is 0 Å². The lowest BCUT2D eigenvalue weighted by Crippen LogP contribution is -3.12. The highest BCUT2D eigenvalue weighted by atomic mass is 16.5. The highest BCUT2D eigenvalue weighted by molar-refractivity contribution is 5.32. The highest BCUT2D eigenvalue weighted by Gasteiger charge is 2.16. The van der Waals surface area contributed by atoms with Crippen molar-refractivity contribution in [3.8, 4) is 5.75 Å². The number of ether oxygens (including phenoxy) is 2. The first-order valence-corrected chi connectivity index (χ1v) is 6.13. The number of morpholine rings is 1. The van der Waals surface area contributed by atoms with Crippen LogP contribution in [0, 0.1) is 0 Å². The number of hydrogen-bond acceptors (Lipinski definition) is 2. The van der Waals surface area contributed by atoms with Gasteiger partial charge in [-0.25, -0.2) is 0 Å². The van der Waals surface area contributed by atoms with Gasteiger partial charge in [0.05, 0.1) is 13.2 Å². The van der Waals surface area contributed by atoms with Gasteiger partial charge in [0.25, 0.3) is 0 Å². The van der Waals surface area contributed by atoms with Crippen molar-refractivity contribution < 1.29 is 14.4 Å². The number of para-hydroxylation sites is 1. The Bertz CT molecular complexity index is 359. The molecule has 1 heterocycles. The molecule has 92 valence electrons. The maximum atomic E-state index is 5.67. The molecule has 0 unspecified atom stereocenters. The largest absolute Gasteiger partial charge is 0.489 e. The molecular formula is C14H20NO2+. The predicted octanol–water partition coefficient (Wildman–Crippen LogP) is 0.666. The fourth-order valence-corrected chi connectivity index (χ4v) is 2.05. The van der Waals surface area contributed by atoms with Crippen LogP contribution in [0.25, 0.3) is 0 Å². The fourth-order valence-electron chi connectivity index (χ4n) is 2.05. The number of nitrogens with one attached hydrogen (secondary N) is 1. The van der Waals surface area contributed by atoms with Gasteiger partial charge in [0.2, 0.25) is 0 Å². The van der Waals surface area contributed by atoms with Gasteiger partial charge < -0.3 is 14.4 Å². The third-order valence-corrected chi connectivity index (χ3v) is 2.97. The van der Waals surface area contributed by atoms with E-state index in [2.05, 4.69) is 18.7 Å². The van der Waals surface area contributed by atoms with E-state index in [0.29, 0.717) is 6.61 Å². The third-order valence-electron chi connectivity index (χ3n) is 2.97. The van der Waals surface area contributed by atoms with Crippen molar-refractivity contribution in [3.63, 3.8) is 0 Å². The number of rotatable bonds is 5. The van der Waals surface area contributed by atoms with Crippen LogP contribution in [0.2, 0.25) is 0 Å². The number of hydrogen-bond donors (Lipinski definition) is 1. The molecule has 3 heteroatoms. The Morgan fingerprint density at radius 1 is 1.29 bits per heavy atom. The van der Waals surface area contributed by atoms with E-state index in [1.54, 1.807) is 11.0 Å². The van der Waals surface area contributed by atoms with Gasteiger partial charge in [0.15, 0.2) is 0 Å². The quantitative estimate of drug-likeness (QED) is 0.757. The molecule has 1 aromatic carbocycles. The summed E-state index contributed by atoms with van der Waals surface area (Å²) in [4.78, 5) is 1.56. The lowest BCUT2D eigenvalue weighted by Gasteiger charge is -2.24. The van der Waals surface area contributed by atoms with Gasteiger partial charge in [-0.15, -0.1) is 0 Å². The lowest BCUT2D eigenvalue weighted by atomic mass is 10.2. The van der Waals surface area contributed by atoms with E-state index >= 15 is 0 Å². The van der Waals surface area contributed by atoms with Crippen LogP contribution in [0.5, 0.6) is 5.75 Å². The van der Waals surface area contributed by atoms with Crippen LogP contribution in [0.4, 0.5) is 0 Å². The summed E-state index contributed by atoms with van der Waals surface area (Å²) >= 11 is 0. The zero-order valence-electron chi connectivity index (χ0n) is 10.2. The Morgan fingerprint density at radius 3 is 2.82 bits per heavy atom. The van der Waals surface area contributed by atoms with E-state index in [1.165, 1.54) is 5.56 Å². The monoisotopic (exact) mass is 234 g/mol. The van der Waals surface area contributed by atoms with Gasteiger partial charge in [0, 0.05) is 5.56 Å². The van der Waals surface area contributed by atoms with Crippen LogP contribution in [0.15, 0.2) is 36.9 Å². The van der Waals surface area contributed by atoms with Crippen LogP contribution >= 0.6 is 0 Å². The summed E-state index contributed by atoms with van der Waals surface area (Å²) in [6, 6.07) is 8.24. The molecule has 0 aromatic heterocycles. The smallest absolute Gasteiger partial charge is 0.128 e. The number of benzene rings is 1. The van der Waals surface area contributed by atoms with Gasteiger partial charge in [-0.05, 0) is 12.1 Å². The van der Waals surface area contributed by atoms with E-state index < -0.39 is 0 Å². The van der Waals surface area contributed by atoms with Gasteiger partial charge in [0.1, 0.15) is 32.0 Å². The molecular weight excluding hydrogens is 214 g/mol. The van der Waals surface area contributed by atoms with Crippen molar-refractivity contribution >= 4 is 0 Å².